The molecule has 0 spiro atoms. The Morgan fingerprint density at radius 3 is 2.57 bits per heavy atom. The minimum absolute atomic E-state index is 0.0194. The summed E-state index contributed by atoms with van der Waals surface area (Å²) >= 11 is 6.54. The van der Waals surface area contributed by atoms with Gasteiger partial charge in [0, 0.05) is 12.7 Å². The van der Waals surface area contributed by atoms with E-state index in [1.807, 2.05) is 0 Å². The van der Waals surface area contributed by atoms with Crippen molar-refractivity contribution >= 4 is 33.0 Å². The van der Waals surface area contributed by atoms with E-state index in [4.69, 9.17) is 11.6 Å². The van der Waals surface area contributed by atoms with Gasteiger partial charge in [-0.2, -0.15) is 18.3 Å². The van der Waals surface area contributed by atoms with Crippen LogP contribution in [-0.2, 0) is 22.7 Å². The van der Waals surface area contributed by atoms with Gasteiger partial charge in [-0.1, -0.05) is 11.6 Å². The number of hydrogen-bond donors (Lipinski definition) is 1. The van der Waals surface area contributed by atoms with Crippen LogP contribution in [0.25, 0.3) is 0 Å². The lowest BCUT2D eigenvalue weighted by Gasteiger charge is -2.05. The lowest BCUT2D eigenvalue weighted by Crippen LogP contribution is -2.27. The van der Waals surface area contributed by atoms with Gasteiger partial charge in [0.15, 0.2) is 5.69 Å². The van der Waals surface area contributed by atoms with Crippen LogP contribution in [0, 0.1) is 0 Å². The minimum Gasteiger partial charge on any atom is -0.271 e. The molecule has 0 atom stereocenters. The molecule has 2 rings (SSSR count). The zero-order valence-electron chi connectivity index (χ0n) is 10.3. The lowest BCUT2D eigenvalue weighted by atomic mass is 10.4. The van der Waals surface area contributed by atoms with E-state index in [2.05, 4.69) is 9.82 Å². The van der Waals surface area contributed by atoms with Crippen molar-refractivity contribution in [3.8, 4) is 0 Å². The van der Waals surface area contributed by atoms with Gasteiger partial charge in [0.1, 0.15) is 4.21 Å². The molecule has 0 aliphatic heterocycles. The molecule has 2 aromatic heterocycles. The Bertz CT molecular complexity index is 724. The summed E-state index contributed by atoms with van der Waals surface area (Å²) in [5.74, 6) is 0. The Balaban J connectivity index is 1.94. The molecular weight excluding hydrogens is 351 g/mol. The van der Waals surface area contributed by atoms with Gasteiger partial charge in [0.2, 0.25) is 10.0 Å². The van der Waals surface area contributed by atoms with E-state index < -0.39 is 21.9 Å². The topological polar surface area (TPSA) is 64.0 Å². The standard InChI is InChI=1S/C10H9ClF3N3O2S2/c11-8-1-2-9(20-8)21(18,19)15-4-6-17-5-3-7(16-17)10(12,13)14/h1-3,5,15H,4,6H2. The quantitative estimate of drug-likeness (QED) is 0.892. The van der Waals surface area contributed by atoms with Crippen molar-refractivity contribution in [1.29, 1.82) is 0 Å². The molecule has 21 heavy (non-hydrogen) atoms. The highest BCUT2D eigenvalue weighted by Crippen LogP contribution is 2.27. The molecular formula is C10H9ClF3N3O2S2. The van der Waals surface area contributed by atoms with Gasteiger partial charge in [-0.25, -0.2) is 13.1 Å². The Morgan fingerprint density at radius 1 is 1.33 bits per heavy atom. The van der Waals surface area contributed by atoms with Crippen molar-refractivity contribution < 1.29 is 21.6 Å². The molecule has 116 valence electrons. The molecule has 2 aromatic rings. The monoisotopic (exact) mass is 359 g/mol. The molecule has 0 aromatic carbocycles. The van der Waals surface area contributed by atoms with E-state index in [-0.39, 0.29) is 17.3 Å². The number of sulfonamides is 1. The maximum absolute atomic E-state index is 12.3. The summed E-state index contributed by atoms with van der Waals surface area (Å²) in [6.07, 6.45) is -3.38. The summed E-state index contributed by atoms with van der Waals surface area (Å²) < 4.78 is 64.3. The predicted molar refractivity (Wildman–Crippen MR) is 71.7 cm³/mol. The number of alkyl halides is 3. The van der Waals surface area contributed by atoms with Crippen LogP contribution in [0.15, 0.2) is 28.6 Å². The maximum Gasteiger partial charge on any atom is 0.435 e. The van der Waals surface area contributed by atoms with Crippen molar-refractivity contribution in [3.05, 3.63) is 34.4 Å². The molecule has 5 nitrogen and oxygen atoms in total. The number of aromatic nitrogens is 2. The maximum atomic E-state index is 12.3. The molecule has 0 saturated heterocycles. The summed E-state index contributed by atoms with van der Waals surface area (Å²) in [7, 11) is -3.71. The highest BCUT2D eigenvalue weighted by atomic mass is 35.5. The minimum atomic E-state index is -4.52. The largest absolute Gasteiger partial charge is 0.435 e. The third kappa shape index (κ3) is 4.19. The third-order valence-corrected chi connectivity index (χ3v) is 5.56. The van der Waals surface area contributed by atoms with Crippen LogP contribution in [0.1, 0.15) is 5.69 Å². The molecule has 0 aliphatic carbocycles. The number of rotatable bonds is 5. The van der Waals surface area contributed by atoms with Crippen LogP contribution in [0.5, 0.6) is 0 Å². The molecule has 0 bridgehead atoms. The Kier molecular flexibility index (Phi) is 4.61. The summed E-state index contributed by atoms with van der Waals surface area (Å²) in [6, 6.07) is 3.63. The Morgan fingerprint density at radius 2 is 2.05 bits per heavy atom. The van der Waals surface area contributed by atoms with Gasteiger partial charge < -0.3 is 0 Å². The van der Waals surface area contributed by atoms with E-state index in [9.17, 15) is 21.6 Å². The van der Waals surface area contributed by atoms with Crippen molar-refractivity contribution in [2.24, 2.45) is 0 Å². The summed E-state index contributed by atoms with van der Waals surface area (Å²) in [6.45, 7) is -0.106. The molecule has 0 amide bonds. The first kappa shape index (κ1) is 16.3. The predicted octanol–water partition coefficient (Wildman–Crippen LogP) is 2.60. The molecule has 1 N–H and O–H groups in total. The van der Waals surface area contributed by atoms with Crippen LogP contribution < -0.4 is 4.72 Å². The average Bonchev–Trinajstić information content (AvgIpc) is 2.97. The normalized spacial score (nSPS) is 12.8. The fraction of sp³-hybridized carbons (Fsp3) is 0.300. The van der Waals surface area contributed by atoms with Crippen molar-refractivity contribution in [3.63, 3.8) is 0 Å². The van der Waals surface area contributed by atoms with E-state index in [1.54, 1.807) is 0 Å². The molecule has 0 saturated carbocycles. The second-order valence-corrected chi connectivity index (χ2v) is 7.63. The van der Waals surface area contributed by atoms with E-state index in [1.165, 1.54) is 12.1 Å². The first-order chi connectivity index (χ1) is 9.68. The first-order valence-electron chi connectivity index (χ1n) is 5.54. The molecule has 0 aliphatic rings. The zero-order chi connectivity index (χ0) is 15.7. The van der Waals surface area contributed by atoms with Gasteiger partial charge in [-0.3, -0.25) is 4.68 Å². The SMILES string of the molecule is O=S(=O)(NCCn1ccc(C(F)(F)F)n1)c1ccc(Cl)s1. The van der Waals surface area contributed by atoms with Gasteiger partial charge in [-0.15, -0.1) is 11.3 Å². The van der Waals surface area contributed by atoms with E-state index in [0.29, 0.717) is 4.34 Å². The Hall–Kier alpha value is -1.10. The van der Waals surface area contributed by atoms with Gasteiger partial charge in [0.25, 0.3) is 0 Å². The van der Waals surface area contributed by atoms with E-state index in [0.717, 1.165) is 28.3 Å². The van der Waals surface area contributed by atoms with Crippen molar-refractivity contribution in [2.45, 2.75) is 16.9 Å². The number of thiophene rings is 1. The molecule has 2 heterocycles. The molecule has 0 radical (unpaired) electrons. The second kappa shape index (κ2) is 5.95. The third-order valence-electron chi connectivity index (χ3n) is 2.38. The molecule has 11 heteroatoms. The van der Waals surface area contributed by atoms with Crippen LogP contribution in [0.4, 0.5) is 13.2 Å². The first-order valence-corrected chi connectivity index (χ1v) is 8.22. The lowest BCUT2D eigenvalue weighted by molar-refractivity contribution is -0.141. The van der Waals surface area contributed by atoms with Crippen LogP contribution in [0.3, 0.4) is 0 Å². The van der Waals surface area contributed by atoms with Crippen LogP contribution in [0.2, 0.25) is 4.34 Å². The number of halogens is 4. The zero-order valence-corrected chi connectivity index (χ0v) is 12.7. The highest BCUT2D eigenvalue weighted by molar-refractivity contribution is 7.91. The van der Waals surface area contributed by atoms with Crippen LogP contribution in [-0.4, -0.2) is 24.7 Å². The van der Waals surface area contributed by atoms with Gasteiger partial charge in [-0.05, 0) is 18.2 Å². The summed E-state index contributed by atoms with van der Waals surface area (Å²) in [5, 5.41) is 3.32. The summed E-state index contributed by atoms with van der Waals surface area (Å²) in [4.78, 5) is 0. The summed E-state index contributed by atoms with van der Waals surface area (Å²) in [5.41, 5.74) is -1.02. The number of hydrogen-bond acceptors (Lipinski definition) is 4. The van der Waals surface area contributed by atoms with Gasteiger partial charge in [0.05, 0.1) is 10.9 Å². The second-order valence-electron chi connectivity index (χ2n) is 3.92. The van der Waals surface area contributed by atoms with Crippen LogP contribution >= 0.6 is 22.9 Å². The molecule has 0 fully saturated rings. The number of nitrogens with zero attached hydrogens (tertiary/aromatic N) is 2. The smallest absolute Gasteiger partial charge is 0.271 e. The number of nitrogens with one attached hydrogen (secondary N) is 1. The van der Waals surface area contributed by atoms with Crippen molar-refractivity contribution in [2.75, 3.05) is 6.54 Å². The fourth-order valence-corrected chi connectivity index (χ4v) is 3.99. The van der Waals surface area contributed by atoms with E-state index >= 15 is 0 Å². The fourth-order valence-electron chi connectivity index (χ4n) is 1.45. The van der Waals surface area contributed by atoms with Crippen molar-refractivity contribution in [1.82, 2.24) is 14.5 Å². The van der Waals surface area contributed by atoms with Gasteiger partial charge >= 0.3 is 6.18 Å². The molecule has 0 unspecified atom stereocenters. The average molecular weight is 360 g/mol. The Labute approximate surface area is 127 Å². The highest BCUT2D eigenvalue weighted by Gasteiger charge is 2.33.